The number of carbonyl (C=O) groups excluding carboxylic acids is 2. The zero-order valence-corrected chi connectivity index (χ0v) is 13.7. The molecule has 0 N–H and O–H groups in total. The molecule has 0 spiro atoms. The molecule has 2 amide bonds. The Morgan fingerprint density at radius 2 is 1.71 bits per heavy atom. The van der Waals surface area contributed by atoms with E-state index in [1.54, 1.807) is 9.80 Å². The lowest BCUT2D eigenvalue weighted by Gasteiger charge is -2.33. The Hall–Kier alpha value is -1.19. The van der Waals surface area contributed by atoms with E-state index in [4.69, 9.17) is 0 Å². The lowest BCUT2D eigenvalue weighted by molar-refractivity contribution is -0.135. The van der Waals surface area contributed by atoms with E-state index in [0.29, 0.717) is 32.7 Å². The van der Waals surface area contributed by atoms with E-state index < -0.39 is 10.0 Å². The normalized spacial score (nSPS) is 16.6. The standard InChI is InChI=1S/C12H24N4O4S/c1-13(2)4-9-16(21(3,19)20)10-12(18)15-7-5-14(11-17)6-8-15/h11H,4-10H2,1-3H3. The Kier molecular flexibility index (Phi) is 6.56. The lowest BCUT2D eigenvalue weighted by atomic mass is 10.3. The minimum atomic E-state index is -3.42. The molecule has 1 heterocycles. The highest BCUT2D eigenvalue weighted by atomic mass is 32.2. The van der Waals surface area contributed by atoms with Gasteiger partial charge in [0.2, 0.25) is 22.3 Å². The van der Waals surface area contributed by atoms with E-state index in [-0.39, 0.29) is 19.0 Å². The number of rotatable bonds is 7. The maximum absolute atomic E-state index is 12.2. The summed E-state index contributed by atoms with van der Waals surface area (Å²) in [7, 11) is 0.279. The monoisotopic (exact) mass is 320 g/mol. The second-order valence-corrected chi connectivity index (χ2v) is 7.40. The van der Waals surface area contributed by atoms with Crippen LogP contribution < -0.4 is 0 Å². The highest BCUT2D eigenvalue weighted by Crippen LogP contribution is 2.04. The van der Waals surface area contributed by atoms with Gasteiger partial charge in [-0.1, -0.05) is 0 Å². The van der Waals surface area contributed by atoms with Crippen LogP contribution in [0.5, 0.6) is 0 Å². The van der Waals surface area contributed by atoms with Gasteiger partial charge in [-0.15, -0.1) is 0 Å². The Labute approximate surface area is 126 Å². The zero-order chi connectivity index (χ0) is 16.0. The molecule has 9 heteroatoms. The topological polar surface area (TPSA) is 81.2 Å². The third-order valence-electron chi connectivity index (χ3n) is 3.39. The van der Waals surface area contributed by atoms with Gasteiger partial charge >= 0.3 is 0 Å². The summed E-state index contributed by atoms with van der Waals surface area (Å²) in [6.07, 6.45) is 1.88. The van der Waals surface area contributed by atoms with Crippen LogP contribution in [-0.2, 0) is 19.6 Å². The first-order chi connectivity index (χ1) is 9.74. The van der Waals surface area contributed by atoms with Crippen molar-refractivity contribution in [1.82, 2.24) is 19.0 Å². The number of hydrogen-bond donors (Lipinski definition) is 0. The molecular weight excluding hydrogens is 296 g/mol. The Morgan fingerprint density at radius 1 is 1.14 bits per heavy atom. The van der Waals surface area contributed by atoms with Crippen LogP contribution in [0.3, 0.4) is 0 Å². The molecule has 0 atom stereocenters. The molecule has 1 aliphatic rings. The summed E-state index contributed by atoms with van der Waals surface area (Å²) in [6.45, 7) is 2.57. The zero-order valence-electron chi connectivity index (χ0n) is 12.9. The lowest BCUT2D eigenvalue weighted by Crippen LogP contribution is -2.51. The van der Waals surface area contributed by atoms with Gasteiger partial charge in [0.05, 0.1) is 12.8 Å². The predicted molar refractivity (Wildman–Crippen MR) is 79.2 cm³/mol. The van der Waals surface area contributed by atoms with Gasteiger partial charge in [0, 0.05) is 39.3 Å². The third kappa shape index (κ3) is 5.98. The quantitative estimate of drug-likeness (QED) is 0.512. The van der Waals surface area contributed by atoms with Gasteiger partial charge in [0.1, 0.15) is 0 Å². The molecule has 0 bridgehead atoms. The fraction of sp³-hybridized carbons (Fsp3) is 0.833. The number of nitrogens with zero attached hydrogens (tertiary/aromatic N) is 4. The van der Waals surface area contributed by atoms with E-state index in [0.717, 1.165) is 12.7 Å². The highest BCUT2D eigenvalue weighted by Gasteiger charge is 2.25. The van der Waals surface area contributed by atoms with Gasteiger partial charge in [-0.2, -0.15) is 4.31 Å². The van der Waals surface area contributed by atoms with Gasteiger partial charge in [-0.3, -0.25) is 9.59 Å². The Balaban J connectivity index is 2.58. The maximum Gasteiger partial charge on any atom is 0.238 e. The number of sulfonamides is 1. The van der Waals surface area contributed by atoms with Crippen molar-refractivity contribution >= 4 is 22.3 Å². The highest BCUT2D eigenvalue weighted by molar-refractivity contribution is 7.88. The van der Waals surface area contributed by atoms with Crippen LogP contribution in [0.4, 0.5) is 0 Å². The average molecular weight is 320 g/mol. The van der Waals surface area contributed by atoms with Crippen molar-refractivity contribution in [2.24, 2.45) is 0 Å². The van der Waals surface area contributed by atoms with Crippen LogP contribution in [0.25, 0.3) is 0 Å². The molecule has 122 valence electrons. The molecule has 0 aromatic heterocycles. The first kappa shape index (κ1) is 17.9. The van der Waals surface area contributed by atoms with Crippen molar-refractivity contribution in [3.8, 4) is 0 Å². The predicted octanol–water partition coefficient (Wildman–Crippen LogP) is -1.89. The van der Waals surface area contributed by atoms with E-state index in [1.807, 2.05) is 19.0 Å². The van der Waals surface area contributed by atoms with Crippen LogP contribution in [0, 0.1) is 0 Å². The van der Waals surface area contributed by atoms with Gasteiger partial charge in [0.25, 0.3) is 0 Å². The number of likely N-dealkylation sites (N-methyl/N-ethyl adjacent to an activating group) is 1. The molecule has 0 aromatic carbocycles. The minimum absolute atomic E-state index is 0.145. The summed E-state index contributed by atoms with van der Waals surface area (Å²) in [5.41, 5.74) is 0. The molecule has 1 saturated heterocycles. The molecule has 0 aromatic rings. The Bertz CT molecular complexity index is 458. The van der Waals surface area contributed by atoms with Crippen LogP contribution in [0.2, 0.25) is 0 Å². The fourth-order valence-corrected chi connectivity index (χ4v) is 2.76. The summed E-state index contributed by atoms with van der Waals surface area (Å²) >= 11 is 0. The number of hydrogen-bond acceptors (Lipinski definition) is 5. The van der Waals surface area contributed by atoms with Crippen molar-refractivity contribution in [3.05, 3.63) is 0 Å². The van der Waals surface area contributed by atoms with Crippen molar-refractivity contribution in [1.29, 1.82) is 0 Å². The van der Waals surface area contributed by atoms with Crippen molar-refractivity contribution in [3.63, 3.8) is 0 Å². The maximum atomic E-state index is 12.2. The molecule has 1 fully saturated rings. The Morgan fingerprint density at radius 3 is 2.14 bits per heavy atom. The summed E-state index contributed by atoms with van der Waals surface area (Å²) in [4.78, 5) is 27.9. The van der Waals surface area contributed by atoms with Gasteiger partial charge < -0.3 is 14.7 Å². The van der Waals surface area contributed by atoms with E-state index >= 15 is 0 Å². The van der Waals surface area contributed by atoms with Crippen LogP contribution in [0.15, 0.2) is 0 Å². The molecule has 0 radical (unpaired) electrons. The molecule has 0 unspecified atom stereocenters. The average Bonchev–Trinajstić information content (AvgIpc) is 2.41. The van der Waals surface area contributed by atoms with Crippen LogP contribution in [-0.4, -0.2) is 106 Å². The van der Waals surface area contributed by atoms with Crippen molar-refractivity contribution in [2.75, 3.05) is 66.2 Å². The number of piperazine rings is 1. The number of carbonyl (C=O) groups is 2. The third-order valence-corrected chi connectivity index (χ3v) is 4.64. The second-order valence-electron chi connectivity index (χ2n) is 5.42. The molecule has 1 rings (SSSR count). The van der Waals surface area contributed by atoms with E-state index in [1.165, 1.54) is 4.31 Å². The van der Waals surface area contributed by atoms with Crippen LogP contribution >= 0.6 is 0 Å². The molecular formula is C12H24N4O4S. The van der Waals surface area contributed by atoms with Gasteiger partial charge in [0.15, 0.2) is 0 Å². The van der Waals surface area contributed by atoms with Gasteiger partial charge in [-0.05, 0) is 14.1 Å². The summed E-state index contributed by atoms with van der Waals surface area (Å²) in [5.74, 6) is -0.218. The van der Waals surface area contributed by atoms with Crippen molar-refractivity contribution < 1.29 is 18.0 Å². The van der Waals surface area contributed by atoms with Gasteiger partial charge in [-0.25, -0.2) is 8.42 Å². The smallest absolute Gasteiger partial charge is 0.238 e. The fourth-order valence-electron chi connectivity index (χ4n) is 2.00. The molecule has 8 nitrogen and oxygen atoms in total. The first-order valence-corrected chi connectivity index (χ1v) is 8.66. The summed E-state index contributed by atoms with van der Waals surface area (Å²) in [6, 6.07) is 0. The molecule has 1 aliphatic heterocycles. The molecule has 21 heavy (non-hydrogen) atoms. The second kappa shape index (κ2) is 7.71. The minimum Gasteiger partial charge on any atom is -0.342 e. The SMILES string of the molecule is CN(C)CCN(CC(=O)N1CCN(C=O)CC1)S(C)(=O)=O. The number of amides is 2. The molecule has 0 saturated carbocycles. The van der Waals surface area contributed by atoms with E-state index in [2.05, 4.69) is 0 Å². The van der Waals surface area contributed by atoms with E-state index in [9.17, 15) is 18.0 Å². The van der Waals surface area contributed by atoms with Crippen LogP contribution in [0.1, 0.15) is 0 Å². The summed E-state index contributed by atoms with van der Waals surface area (Å²) < 4.78 is 24.7. The molecule has 0 aliphatic carbocycles. The van der Waals surface area contributed by atoms with Crippen molar-refractivity contribution in [2.45, 2.75) is 0 Å². The summed E-state index contributed by atoms with van der Waals surface area (Å²) in [5, 5.41) is 0. The largest absolute Gasteiger partial charge is 0.342 e. The first-order valence-electron chi connectivity index (χ1n) is 6.81.